The Morgan fingerprint density at radius 3 is 2.56 bits per heavy atom. The van der Waals surface area contributed by atoms with Gasteiger partial charge in [-0.3, -0.25) is 0 Å². The standard InChI is InChI=1S/C16H20OS/c1-3-15-7-8-16(18-15)10-14(11-17)13-6-4-5-12(2)9-13/h4-9,14,17H,3,10-11H2,1-2H3. The van der Waals surface area contributed by atoms with Gasteiger partial charge in [-0.05, 0) is 37.5 Å². The van der Waals surface area contributed by atoms with Crippen LogP contribution >= 0.6 is 11.3 Å². The lowest BCUT2D eigenvalue weighted by atomic mass is 9.94. The average Bonchev–Trinajstić information content (AvgIpc) is 2.83. The van der Waals surface area contributed by atoms with E-state index in [0.29, 0.717) is 0 Å². The molecule has 2 rings (SSSR count). The highest BCUT2D eigenvalue weighted by molar-refractivity contribution is 7.11. The van der Waals surface area contributed by atoms with Crippen molar-refractivity contribution in [3.05, 3.63) is 57.3 Å². The average molecular weight is 260 g/mol. The largest absolute Gasteiger partial charge is 0.396 e. The molecule has 1 aromatic heterocycles. The van der Waals surface area contributed by atoms with Gasteiger partial charge in [-0.15, -0.1) is 11.3 Å². The first kappa shape index (κ1) is 13.3. The second-order valence-corrected chi connectivity index (χ2v) is 5.97. The highest BCUT2D eigenvalue weighted by Gasteiger charge is 2.12. The van der Waals surface area contributed by atoms with E-state index in [0.717, 1.165) is 12.8 Å². The van der Waals surface area contributed by atoms with Gasteiger partial charge in [-0.2, -0.15) is 0 Å². The molecule has 96 valence electrons. The van der Waals surface area contributed by atoms with Crippen molar-refractivity contribution in [2.45, 2.75) is 32.6 Å². The van der Waals surface area contributed by atoms with Gasteiger partial charge < -0.3 is 5.11 Å². The molecule has 1 unspecified atom stereocenters. The van der Waals surface area contributed by atoms with Gasteiger partial charge in [0.05, 0.1) is 6.61 Å². The van der Waals surface area contributed by atoms with Crippen molar-refractivity contribution >= 4 is 11.3 Å². The molecule has 0 radical (unpaired) electrons. The van der Waals surface area contributed by atoms with Crippen LogP contribution < -0.4 is 0 Å². The molecule has 2 heteroatoms. The van der Waals surface area contributed by atoms with E-state index in [4.69, 9.17) is 0 Å². The van der Waals surface area contributed by atoms with Crippen LogP contribution in [0.4, 0.5) is 0 Å². The molecule has 1 aromatic carbocycles. The molecule has 0 saturated heterocycles. The maximum Gasteiger partial charge on any atom is 0.0503 e. The van der Waals surface area contributed by atoms with Gasteiger partial charge in [0.1, 0.15) is 0 Å². The van der Waals surface area contributed by atoms with Crippen LogP contribution in [0.2, 0.25) is 0 Å². The van der Waals surface area contributed by atoms with E-state index in [2.05, 4.69) is 50.2 Å². The Bertz CT molecular complexity index is 501. The van der Waals surface area contributed by atoms with Crippen molar-refractivity contribution in [2.24, 2.45) is 0 Å². The molecule has 1 N–H and O–H groups in total. The topological polar surface area (TPSA) is 20.2 Å². The molecular formula is C16H20OS. The van der Waals surface area contributed by atoms with Crippen molar-refractivity contribution in [3.8, 4) is 0 Å². The van der Waals surface area contributed by atoms with E-state index >= 15 is 0 Å². The number of thiophene rings is 1. The van der Waals surface area contributed by atoms with Crippen LogP contribution in [0, 0.1) is 6.92 Å². The molecular weight excluding hydrogens is 240 g/mol. The van der Waals surface area contributed by atoms with Crippen LogP contribution in [0.3, 0.4) is 0 Å². The molecule has 1 atom stereocenters. The van der Waals surface area contributed by atoms with Crippen LogP contribution in [0.25, 0.3) is 0 Å². The Kier molecular flexibility index (Phi) is 4.56. The smallest absolute Gasteiger partial charge is 0.0503 e. The first-order valence-electron chi connectivity index (χ1n) is 6.48. The van der Waals surface area contributed by atoms with Gasteiger partial charge in [-0.1, -0.05) is 36.8 Å². The van der Waals surface area contributed by atoms with Crippen LogP contribution in [0.1, 0.15) is 33.7 Å². The molecule has 0 bridgehead atoms. The second kappa shape index (κ2) is 6.17. The lowest BCUT2D eigenvalue weighted by Gasteiger charge is -2.14. The van der Waals surface area contributed by atoms with Crippen molar-refractivity contribution in [2.75, 3.05) is 6.61 Å². The summed E-state index contributed by atoms with van der Waals surface area (Å²) in [6.07, 6.45) is 2.03. The van der Waals surface area contributed by atoms with Crippen molar-refractivity contribution in [1.29, 1.82) is 0 Å². The van der Waals surface area contributed by atoms with Gasteiger partial charge in [-0.25, -0.2) is 0 Å². The van der Waals surface area contributed by atoms with E-state index in [1.54, 1.807) is 0 Å². The Labute approximate surface area is 113 Å². The molecule has 1 heterocycles. The summed E-state index contributed by atoms with van der Waals surface area (Å²) in [5.41, 5.74) is 2.50. The minimum Gasteiger partial charge on any atom is -0.396 e. The highest BCUT2D eigenvalue weighted by atomic mass is 32.1. The van der Waals surface area contributed by atoms with E-state index < -0.39 is 0 Å². The molecule has 2 aromatic rings. The maximum absolute atomic E-state index is 9.60. The number of aliphatic hydroxyl groups is 1. The summed E-state index contributed by atoms with van der Waals surface area (Å²) in [7, 11) is 0. The fraction of sp³-hybridized carbons (Fsp3) is 0.375. The maximum atomic E-state index is 9.60. The molecule has 0 spiro atoms. The molecule has 0 aliphatic carbocycles. The molecule has 1 nitrogen and oxygen atoms in total. The first-order chi connectivity index (χ1) is 8.72. The van der Waals surface area contributed by atoms with E-state index in [1.807, 2.05) is 11.3 Å². The van der Waals surface area contributed by atoms with Crippen molar-refractivity contribution in [1.82, 2.24) is 0 Å². The molecule has 0 aliphatic heterocycles. The number of hydrogen-bond donors (Lipinski definition) is 1. The van der Waals surface area contributed by atoms with Crippen LogP contribution in [0.15, 0.2) is 36.4 Å². The second-order valence-electron chi connectivity index (χ2n) is 4.72. The van der Waals surface area contributed by atoms with Gasteiger partial charge in [0.25, 0.3) is 0 Å². The van der Waals surface area contributed by atoms with Gasteiger partial charge in [0.2, 0.25) is 0 Å². The fourth-order valence-corrected chi connectivity index (χ4v) is 3.21. The van der Waals surface area contributed by atoms with Crippen molar-refractivity contribution < 1.29 is 5.11 Å². The summed E-state index contributed by atoms with van der Waals surface area (Å²) in [6, 6.07) is 12.8. The summed E-state index contributed by atoms with van der Waals surface area (Å²) < 4.78 is 0. The zero-order valence-corrected chi connectivity index (χ0v) is 11.8. The van der Waals surface area contributed by atoms with E-state index in [-0.39, 0.29) is 12.5 Å². The quantitative estimate of drug-likeness (QED) is 0.863. The summed E-state index contributed by atoms with van der Waals surface area (Å²) in [4.78, 5) is 2.79. The molecule has 0 amide bonds. The third kappa shape index (κ3) is 3.21. The Morgan fingerprint density at radius 1 is 1.17 bits per heavy atom. The van der Waals surface area contributed by atoms with Crippen LogP contribution in [0.5, 0.6) is 0 Å². The monoisotopic (exact) mass is 260 g/mol. The Morgan fingerprint density at radius 2 is 1.94 bits per heavy atom. The molecule has 0 aliphatic rings. The zero-order valence-electron chi connectivity index (χ0n) is 11.0. The van der Waals surface area contributed by atoms with E-state index in [9.17, 15) is 5.11 Å². The normalized spacial score (nSPS) is 12.6. The van der Waals surface area contributed by atoms with Gasteiger partial charge in [0.15, 0.2) is 0 Å². The first-order valence-corrected chi connectivity index (χ1v) is 7.29. The molecule has 18 heavy (non-hydrogen) atoms. The minimum atomic E-state index is 0.211. The lowest BCUT2D eigenvalue weighted by molar-refractivity contribution is 0.265. The third-order valence-electron chi connectivity index (χ3n) is 3.25. The predicted octanol–water partition coefficient (Wildman–Crippen LogP) is 3.94. The van der Waals surface area contributed by atoms with Crippen LogP contribution in [-0.4, -0.2) is 11.7 Å². The highest BCUT2D eigenvalue weighted by Crippen LogP contribution is 2.26. The van der Waals surface area contributed by atoms with Gasteiger partial charge in [0, 0.05) is 15.7 Å². The number of hydrogen-bond acceptors (Lipinski definition) is 2. The lowest BCUT2D eigenvalue weighted by Crippen LogP contribution is -2.07. The summed E-state index contributed by atoms with van der Waals surface area (Å²) >= 11 is 1.86. The molecule has 0 saturated carbocycles. The third-order valence-corrected chi connectivity index (χ3v) is 4.50. The summed E-state index contributed by atoms with van der Waals surface area (Å²) in [5.74, 6) is 0.216. The fourth-order valence-electron chi connectivity index (χ4n) is 2.18. The SMILES string of the molecule is CCc1ccc(CC(CO)c2cccc(C)c2)s1. The molecule has 0 fully saturated rings. The predicted molar refractivity (Wildman–Crippen MR) is 78.4 cm³/mol. The Balaban J connectivity index is 2.14. The minimum absolute atomic E-state index is 0.211. The number of rotatable bonds is 5. The number of aliphatic hydroxyl groups excluding tert-OH is 1. The van der Waals surface area contributed by atoms with Gasteiger partial charge >= 0.3 is 0 Å². The summed E-state index contributed by atoms with van der Waals surface area (Å²) in [5, 5.41) is 9.60. The zero-order chi connectivity index (χ0) is 13.0. The number of aryl methyl sites for hydroxylation is 2. The van der Waals surface area contributed by atoms with E-state index in [1.165, 1.54) is 20.9 Å². The van der Waals surface area contributed by atoms with Crippen molar-refractivity contribution in [3.63, 3.8) is 0 Å². The number of benzene rings is 1. The summed E-state index contributed by atoms with van der Waals surface area (Å²) in [6.45, 7) is 4.49. The van der Waals surface area contributed by atoms with Crippen LogP contribution in [-0.2, 0) is 12.8 Å². The Hall–Kier alpha value is -1.12.